The third-order valence-electron chi connectivity index (χ3n) is 1.22. The van der Waals surface area contributed by atoms with Gasteiger partial charge in [-0.1, -0.05) is 35.7 Å². The minimum absolute atomic E-state index is 0.355. The van der Waals surface area contributed by atoms with Crippen molar-refractivity contribution in [3.8, 4) is 0 Å². The van der Waals surface area contributed by atoms with E-state index in [9.17, 15) is 4.79 Å². The smallest absolute Gasteiger partial charge is 0.211 e. The third-order valence-corrected chi connectivity index (χ3v) is 1.97. The van der Waals surface area contributed by atoms with Crippen LogP contribution in [0.15, 0.2) is 4.99 Å². The van der Waals surface area contributed by atoms with Crippen molar-refractivity contribution in [1.29, 1.82) is 0 Å². The van der Waals surface area contributed by atoms with E-state index >= 15 is 0 Å². The highest BCUT2D eigenvalue weighted by atomic mass is 79.9. The molecule has 0 fully saturated rings. The third kappa shape index (κ3) is 5.99. The van der Waals surface area contributed by atoms with E-state index < -0.39 is 0 Å². The van der Waals surface area contributed by atoms with Crippen molar-refractivity contribution in [3.05, 3.63) is 0 Å². The normalized spacial score (nSPS) is 12.2. The van der Waals surface area contributed by atoms with Crippen molar-refractivity contribution in [2.45, 2.75) is 31.0 Å². The Hall–Kier alpha value is -0.140. The Morgan fingerprint density at radius 3 is 2.90 bits per heavy atom. The van der Waals surface area contributed by atoms with E-state index in [1.807, 2.05) is 0 Å². The number of unbranched alkanes of at least 4 members (excludes halogenated alkanes) is 1. The molecule has 3 heteroatoms. The number of aliphatic imine (C=N–C) groups is 1. The Morgan fingerprint density at radius 2 is 2.40 bits per heavy atom. The Labute approximate surface area is 69.9 Å². The van der Waals surface area contributed by atoms with Crippen LogP contribution in [0, 0.1) is 0 Å². The van der Waals surface area contributed by atoms with Gasteiger partial charge in [-0.05, 0) is 6.42 Å². The van der Waals surface area contributed by atoms with Gasteiger partial charge >= 0.3 is 0 Å². The molecule has 0 heterocycles. The van der Waals surface area contributed by atoms with Gasteiger partial charge in [0.25, 0.3) is 0 Å². The number of hydrogen-bond acceptors (Lipinski definition) is 2. The summed E-state index contributed by atoms with van der Waals surface area (Å²) in [6, 6.07) is 0. The lowest BCUT2D eigenvalue weighted by Gasteiger charge is -2.02. The Morgan fingerprint density at radius 1 is 1.70 bits per heavy atom. The predicted octanol–water partition coefficient (Wildman–Crippen LogP) is 2.28. The van der Waals surface area contributed by atoms with Crippen molar-refractivity contribution in [2.24, 2.45) is 4.99 Å². The van der Waals surface area contributed by atoms with Crippen molar-refractivity contribution < 1.29 is 4.79 Å². The summed E-state index contributed by atoms with van der Waals surface area (Å²) in [5.41, 5.74) is 0. The minimum atomic E-state index is 0.355. The molecule has 2 nitrogen and oxygen atoms in total. The fraction of sp³-hybridized carbons (Fsp3) is 0.857. The van der Waals surface area contributed by atoms with E-state index in [0.717, 1.165) is 6.42 Å². The lowest BCUT2D eigenvalue weighted by atomic mass is 10.2. The molecule has 1 unspecified atom stereocenters. The summed E-state index contributed by atoms with van der Waals surface area (Å²) in [6.07, 6.45) is 4.98. The molecule has 58 valence electrons. The highest BCUT2D eigenvalue weighted by Gasteiger charge is 2.00. The number of nitrogens with zero attached hydrogens (tertiary/aromatic N) is 1. The molecule has 0 amide bonds. The zero-order valence-corrected chi connectivity index (χ0v) is 7.73. The standard InChI is InChI=1S/C7H12BrNO/c1-2-3-4-7(8)5-9-6-10/h7H,2-5H2,1H3. The molecule has 0 aliphatic heterocycles. The highest BCUT2D eigenvalue weighted by molar-refractivity contribution is 9.09. The first kappa shape index (κ1) is 9.86. The van der Waals surface area contributed by atoms with Gasteiger partial charge in [-0.3, -0.25) is 0 Å². The summed E-state index contributed by atoms with van der Waals surface area (Å²) in [7, 11) is 0. The summed E-state index contributed by atoms with van der Waals surface area (Å²) >= 11 is 3.41. The summed E-state index contributed by atoms with van der Waals surface area (Å²) in [5, 5.41) is 0. The van der Waals surface area contributed by atoms with Crippen LogP contribution in [0.3, 0.4) is 0 Å². The second-order valence-corrected chi connectivity index (χ2v) is 3.47. The van der Waals surface area contributed by atoms with Crippen LogP contribution in [0.2, 0.25) is 0 Å². The second kappa shape index (κ2) is 6.97. The van der Waals surface area contributed by atoms with Crippen molar-refractivity contribution in [3.63, 3.8) is 0 Å². The van der Waals surface area contributed by atoms with Gasteiger partial charge in [-0.25, -0.2) is 9.79 Å². The first-order valence-electron chi connectivity index (χ1n) is 3.49. The molecule has 0 spiro atoms. The molecule has 0 N–H and O–H groups in total. The number of halogens is 1. The Balaban J connectivity index is 3.24. The summed E-state index contributed by atoms with van der Waals surface area (Å²) < 4.78 is 0. The van der Waals surface area contributed by atoms with Crippen LogP contribution in [0.1, 0.15) is 26.2 Å². The number of alkyl halides is 1. The average Bonchev–Trinajstić information content (AvgIpc) is 1.97. The van der Waals surface area contributed by atoms with Gasteiger partial charge in [0.1, 0.15) is 0 Å². The van der Waals surface area contributed by atoms with Crippen molar-refractivity contribution in [1.82, 2.24) is 0 Å². The summed E-state index contributed by atoms with van der Waals surface area (Å²) in [4.78, 5) is 13.5. The SMILES string of the molecule is CCCCC(Br)CN=C=O. The predicted molar refractivity (Wildman–Crippen MR) is 45.2 cm³/mol. The van der Waals surface area contributed by atoms with Crippen LogP contribution in [0.5, 0.6) is 0 Å². The molecule has 10 heavy (non-hydrogen) atoms. The maximum atomic E-state index is 9.67. The zero-order valence-electron chi connectivity index (χ0n) is 6.14. The second-order valence-electron chi connectivity index (χ2n) is 2.17. The Kier molecular flexibility index (Phi) is 6.88. The number of isocyanates is 1. The van der Waals surface area contributed by atoms with E-state index in [-0.39, 0.29) is 0 Å². The van der Waals surface area contributed by atoms with Crippen LogP contribution in [0.4, 0.5) is 0 Å². The molecule has 0 aromatic carbocycles. The number of carbonyl (C=O) groups excluding carboxylic acids is 1. The van der Waals surface area contributed by atoms with Crippen LogP contribution in [-0.4, -0.2) is 17.5 Å². The molecular formula is C7H12BrNO. The van der Waals surface area contributed by atoms with E-state index in [0.29, 0.717) is 11.4 Å². The van der Waals surface area contributed by atoms with E-state index in [2.05, 4.69) is 27.8 Å². The van der Waals surface area contributed by atoms with E-state index in [1.54, 1.807) is 0 Å². The molecular weight excluding hydrogens is 194 g/mol. The Bertz CT molecular complexity index is 121. The van der Waals surface area contributed by atoms with Gasteiger partial charge in [0, 0.05) is 4.83 Å². The van der Waals surface area contributed by atoms with Gasteiger partial charge in [-0.15, -0.1) is 0 Å². The first-order valence-corrected chi connectivity index (χ1v) is 4.40. The van der Waals surface area contributed by atoms with E-state index in [4.69, 9.17) is 0 Å². The van der Waals surface area contributed by atoms with Gasteiger partial charge in [-0.2, -0.15) is 0 Å². The largest absolute Gasteiger partial charge is 0.234 e. The molecule has 1 atom stereocenters. The molecule has 0 bridgehead atoms. The molecule has 0 aromatic heterocycles. The monoisotopic (exact) mass is 205 g/mol. The molecule has 0 aliphatic rings. The maximum absolute atomic E-state index is 9.67. The van der Waals surface area contributed by atoms with Crippen LogP contribution >= 0.6 is 15.9 Å². The fourth-order valence-corrected chi connectivity index (χ4v) is 1.12. The van der Waals surface area contributed by atoms with Crippen LogP contribution < -0.4 is 0 Å². The molecule has 0 aliphatic carbocycles. The number of hydrogen-bond donors (Lipinski definition) is 0. The minimum Gasteiger partial charge on any atom is -0.211 e. The first-order chi connectivity index (χ1) is 4.81. The van der Waals surface area contributed by atoms with Crippen molar-refractivity contribution in [2.75, 3.05) is 6.54 Å². The number of rotatable bonds is 5. The van der Waals surface area contributed by atoms with Gasteiger partial charge in [0.15, 0.2) is 0 Å². The topological polar surface area (TPSA) is 29.4 Å². The van der Waals surface area contributed by atoms with Crippen LogP contribution in [0.25, 0.3) is 0 Å². The molecule has 0 aromatic rings. The fourth-order valence-electron chi connectivity index (χ4n) is 0.653. The summed E-state index contributed by atoms with van der Waals surface area (Å²) in [5.74, 6) is 0. The highest BCUT2D eigenvalue weighted by Crippen LogP contribution is 2.09. The lowest BCUT2D eigenvalue weighted by molar-refractivity contribution is 0.562. The molecule has 0 radical (unpaired) electrons. The molecule has 0 rings (SSSR count). The quantitative estimate of drug-likeness (QED) is 0.385. The summed E-state index contributed by atoms with van der Waals surface area (Å²) in [6.45, 7) is 2.70. The van der Waals surface area contributed by atoms with Gasteiger partial charge < -0.3 is 0 Å². The van der Waals surface area contributed by atoms with Gasteiger partial charge in [0.05, 0.1) is 6.54 Å². The van der Waals surface area contributed by atoms with Gasteiger partial charge in [0.2, 0.25) is 6.08 Å². The van der Waals surface area contributed by atoms with Crippen molar-refractivity contribution >= 4 is 22.0 Å². The molecule has 0 saturated heterocycles. The zero-order chi connectivity index (χ0) is 7.82. The molecule has 0 saturated carbocycles. The van der Waals surface area contributed by atoms with E-state index in [1.165, 1.54) is 18.9 Å². The van der Waals surface area contributed by atoms with Crippen LogP contribution in [-0.2, 0) is 4.79 Å². The maximum Gasteiger partial charge on any atom is 0.234 e. The lowest BCUT2D eigenvalue weighted by Crippen LogP contribution is -2.01. The average molecular weight is 206 g/mol.